The van der Waals surface area contributed by atoms with Gasteiger partial charge in [0, 0.05) is 19.4 Å². The molecule has 0 aliphatic carbocycles. The van der Waals surface area contributed by atoms with E-state index in [1.807, 2.05) is 37.3 Å². The third kappa shape index (κ3) is 14.6. The number of carbonyl (C=O) groups is 2. The van der Waals surface area contributed by atoms with Crippen molar-refractivity contribution >= 4 is 11.8 Å². The van der Waals surface area contributed by atoms with E-state index < -0.39 is 6.04 Å². The molecule has 0 saturated heterocycles. The molecule has 1 rings (SSSR count). The van der Waals surface area contributed by atoms with Gasteiger partial charge < -0.3 is 27.0 Å². The molecular formula is C24H43N5O2. The van der Waals surface area contributed by atoms with Gasteiger partial charge in [0.2, 0.25) is 11.8 Å². The Morgan fingerprint density at radius 3 is 2.16 bits per heavy atom. The number of rotatable bonds is 19. The standard InChI is InChI=1S/C24H43N5O2/c1-2-11-23(30)29-22(20-21-12-5-3-6-13-21)24(31)28-19-10-18-27-17-9-16-26-15-8-4-7-14-25/h3,5-6,12-13,22,26-27H,2,4,7-11,14-20,25H2,1H3,(H,28,31)(H,29,30). The van der Waals surface area contributed by atoms with Crippen molar-refractivity contribution in [3.63, 3.8) is 0 Å². The third-order valence-electron chi connectivity index (χ3n) is 5.01. The van der Waals surface area contributed by atoms with Crippen LogP contribution >= 0.6 is 0 Å². The van der Waals surface area contributed by atoms with Crippen LogP contribution in [0.4, 0.5) is 0 Å². The predicted octanol–water partition coefficient (Wildman–Crippen LogP) is 1.72. The Balaban J connectivity index is 2.16. The number of carbonyl (C=O) groups excluding carboxylic acids is 2. The molecule has 6 N–H and O–H groups in total. The van der Waals surface area contributed by atoms with Crippen molar-refractivity contribution in [1.82, 2.24) is 21.3 Å². The molecule has 1 atom stereocenters. The van der Waals surface area contributed by atoms with Crippen molar-refractivity contribution in [2.75, 3.05) is 39.3 Å². The van der Waals surface area contributed by atoms with Crippen LogP contribution < -0.4 is 27.0 Å². The van der Waals surface area contributed by atoms with Gasteiger partial charge in [-0.05, 0) is 70.4 Å². The van der Waals surface area contributed by atoms with Gasteiger partial charge in [-0.15, -0.1) is 0 Å². The zero-order valence-corrected chi connectivity index (χ0v) is 19.3. The molecule has 7 nitrogen and oxygen atoms in total. The largest absolute Gasteiger partial charge is 0.354 e. The van der Waals surface area contributed by atoms with E-state index in [2.05, 4.69) is 21.3 Å². The van der Waals surface area contributed by atoms with Gasteiger partial charge in [-0.1, -0.05) is 43.7 Å². The van der Waals surface area contributed by atoms with Gasteiger partial charge in [-0.25, -0.2) is 0 Å². The first-order valence-corrected chi connectivity index (χ1v) is 11.9. The summed E-state index contributed by atoms with van der Waals surface area (Å²) < 4.78 is 0. The lowest BCUT2D eigenvalue weighted by atomic mass is 10.0. The Morgan fingerprint density at radius 2 is 1.52 bits per heavy atom. The van der Waals surface area contributed by atoms with Gasteiger partial charge in [0.15, 0.2) is 0 Å². The fraction of sp³-hybridized carbons (Fsp3) is 0.667. The molecule has 0 heterocycles. The molecule has 0 spiro atoms. The molecule has 1 aromatic carbocycles. The van der Waals surface area contributed by atoms with Crippen molar-refractivity contribution in [3.05, 3.63) is 35.9 Å². The number of benzene rings is 1. The van der Waals surface area contributed by atoms with Crippen LogP contribution in [0.15, 0.2) is 30.3 Å². The number of nitrogens with one attached hydrogen (secondary N) is 4. The topological polar surface area (TPSA) is 108 Å². The van der Waals surface area contributed by atoms with Crippen LogP contribution in [0.25, 0.3) is 0 Å². The number of amides is 2. The van der Waals surface area contributed by atoms with Crippen LogP contribution in [0, 0.1) is 0 Å². The Kier molecular flexibility index (Phi) is 16.4. The average molecular weight is 434 g/mol. The van der Waals surface area contributed by atoms with Crippen molar-refractivity contribution < 1.29 is 9.59 Å². The van der Waals surface area contributed by atoms with Gasteiger partial charge in [0.05, 0.1) is 0 Å². The number of nitrogens with two attached hydrogens (primary N) is 1. The average Bonchev–Trinajstić information content (AvgIpc) is 2.77. The van der Waals surface area contributed by atoms with E-state index in [9.17, 15) is 9.59 Å². The van der Waals surface area contributed by atoms with Crippen LogP contribution in [-0.4, -0.2) is 57.1 Å². The second-order valence-corrected chi connectivity index (χ2v) is 7.91. The van der Waals surface area contributed by atoms with E-state index in [1.54, 1.807) is 0 Å². The highest BCUT2D eigenvalue weighted by atomic mass is 16.2. The quantitative estimate of drug-likeness (QED) is 0.214. The lowest BCUT2D eigenvalue weighted by Crippen LogP contribution is -2.48. The summed E-state index contributed by atoms with van der Waals surface area (Å²) in [7, 11) is 0. The number of hydrogen-bond acceptors (Lipinski definition) is 5. The molecule has 176 valence electrons. The summed E-state index contributed by atoms with van der Waals surface area (Å²) in [5.74, 6) is -0.194. The summed E-state index contributed by atoms with van der Waals surface area (Å²) in [5.41, 5.74) is 6.52. The highest BCUT2D eigenvalue weighted by Crippen LogP contribution is 2.04. The first-order chi connectivity index (χ1) is 15.2. The molecule has 2 amide bonds. The van der Waals surface area contributed by atoms with Crippen LogP contribution in [0.5, 0.6) is 0 Å². The second-order valence-electron chi connectivity index (χ2n) is 7.91. The Bertz CT molecular complexity index is 583. The van der Waals surface area contributed by atoms with E-state index in [0.29, 0.717) is 19.4 Å². The SMILES string of the molecule is CCCC(=O)NC(Cc1ccccc1)C(=O)NCCCNCCCNCCCCCN. The van der Waals surface area contributed by atoms with Gasteiger partial charge in [-0.2, -0.15) is 0 Å². The van der Waals surface area contributed by atoms with Gasteiger partial charge >= 0.3 is 0 Å². The predicted molar refractivity (Wildman–Crippen MR) is 128 cm³/mol. The van der Waals surface area contributed by atoms with Crippen molar-refractivity contribution in [3.8, 4) is 0 Å². The molecule has 0 aromatic heterocycles. The smallest absolute Gasteiger partial charge is 0.242 e. The maximum atomic E-state index is 12.6. The van der Waals surface area contributed by atoms with Crippen LogP contribution in [0.1, 0.15) is 57.4 Å². The lowest BCUT2D eigenvalue weighted by Gasteiger charge is -2.19. The van der Waals surface area contributed by atoms with E-state index in [-0.39, 0.29) is 11.8 Å². The summed E-state index contributed by atoms with van der Waals surface area (Å²) in [5, 5.41) is 12.7. The normalized spacial score (nSPS) is 11.8. The molecular weight excluding hydrogens is 390 g/mol. The van der Waals surface area contributed by atoms with E-state index >= 15 is 0 Å². The zero-order chi connectivity index (χ0) is 22.6. The first kappa shape index (κ1) is 27.1. The van der Waals surface area contributed by atoms with Gasteiger partial charge in [0.1, 0.15) is 6.04 Å². The van der Waals surface area contributed by atoms with E-state index in [1.165, 1.54) is 12.8 Å². The Hall–Kier alpha value is -1.96. The number of unbranched alkanes of at least 4 members (excludes halogenated alkanes) is 2. The van der Waals surface area contributed by atoms with Gasteiger partial charge in [-0.3, -0.25) is 9.59 Å². The van der Waals surface area contributed by atoms with Crippen molar-refractivity contribution in [1.29, 1.82) is 0 Å². The molecule has 31 heavy (non-hydrogen) atoms. The highest BCUT2D eigenvalue weighted by Gasteiger charge is 2.20. The monoisotopic (exact) mass is 433 g/mol. The van der Waals surface area contributed by atoms with Crippen LogP contribution in [0.2, 0.25) is 0 Å². The minimum atomic E-state index is -0.537. The summed E-state index contributed by atoms with van der Waals surface area (Å²) in [6.45, 7) is 7.25. The highest BCUT2D eigenvalue weighted by molar-refractivity contribution is 5.87. The second kappa shape index (κ2) is 18.8. The molecule has 0 saturated carbocycles. The fourth-order valence-corrected chi connectivity index (χ4v) is 3.26. The maximum absolute atomic E-state index is 12.6. The summed E-state index contributed by atoms with van der Waals surface area (Å²) in [6.07, 6.45) is 7.14. The Morgan fingerprint density at radius 1 is 0.871 bits per heavy atom. The Labute approximate surface area is 188 Å². The molecule has 1 unspecified atom stereocenters. The summed E-state index contributed by atoms with van der Waals surface area (Å²) in [4.78, 5) is 24.7. The van der Waals surface area contributed by atoms with Crippen LogP contribution in [-0.2, 0) is 16.0 Å². The van der Waals surface area contributed by atoms with E-state index in [0.717, 1.165) is 64.0 Å². The first-order valence-electron chi connectivity index (χ1n) is 11.9. The van der Waals surface area contributed by atoms with Crippen molar-refractivity contribution in [2.45, 2.75) is 64.3 Å². The molecule has 0 bridgehead atoms. The third-order valence-corrected chi connectivity index (χ3v) is 5.01. The summed E-state index contributed by atoms with van der Waals surface area (Å²) in [6, 6.07) is 9.25. The number of hydrogen-bond donors (Lipinski definition) is 5. The maximum Gasteiger partial charge on any atom is 0.242 e. The minimum Gasteiger partial charge on any atom is -0.354 e. The fourth-order valence-electron chi connectivity index (χ4n) is 3.26. The van der Waals surface area contributed by atoms with Crippen molar-refractivity contribution in [2.24, 2.45) is 5.73 Å². The molecule has 0 aliphatic rings. The van der Waals surface area contributed by atoms with Crippen LogP contribution in [0.3, 0.4) is 0 Å². The van der Waals surface area contributed by atoms with E-state index in [4.69, 9.17) is 5.73 Å². The summed E-state index contributed by atoms with van der Waals surface area (Å²) >= 11 is 0. The lowest BCUT2D eigenvalue weighted by molar-refractivity contribution is -0.129. The minimum absolute atomic E-state index is 0.0757. The molecule has 0 radical (unpaired) electrons. The molecule has 0 aliphatic heterocycles. The van der Waals surface area contributed by atoms with Gasteiger partial charge in [0.25, 0.3) is 0 Å². The molecule has 7 heteroatoms. The molecule has 1 aromatic rings. The molecule has 0 fully saturated rings. The zero-order valence-electron chi connectivity index (χ0n) is 19.3.